The molecule has 0 aliphatic heterocycles. The molecule has 0 unspecified atom stereocenters. The number of carbonyl (C=O) groups is 1. The Bertz CT molecular complexity index is 607. The van der Waals surface area contributed by atoms with Crippen LogP contribution in [0, 0.1) is 11.6 Å². The smallest absolute Gasteiger partial charge is 0.261 e. The molecule has 19 heavy (non-hydrogen) atoms. The lowest BCUT2D eigenvalue weighted by Gasteiger charge is -2.05. The number of thiophene rings is 1. The summed E-state index contributed by atoms with van der Waals surface area (Å²) in [6, 6.07) is 7.17. The van der Waals surface area contributed by atoms with Crippen molar-refractivity contribution in [1.29, 1.82) is 0 Å². The van der Waals surface area contributed by atoms with Gasteiger partial charge in [0, 0.05) is 10.9 Å². The fourth-order valence-electron chi connectivity index (χ4n) is 1.60. The van der Waals surface area contributed by atoms with Crippen LogP contribution < -0.4 is 5.32 Å². The fraction of sp³-hybridized carbons (Fsp3) is 0.214. The standard InChI is InChI=1S/C14H13F2NOS/c1-8(2)17-14(18)13-6-5-12(19-13)9-3-4-10(15)11(16)7-9/h3-8H,1-2H3,(H,17,18). The molecule has 0 saturated carbocycles. The highest BCUT2D eigenvalue weighted by Gasteiger charge is 2.12. The van der Waals surface area contributed by atoms with Crippen molar-refractivity contribution in [2.24, 2.45) is 0 Å². The van der Waals surface area contributed by atoms with Crippen molar-refractivity contribution in [2.75, 3.05) is 0 Å². The summed E-state index contributed by atoms with van der Waals surface area (Å²) in [5.74, 6) is -1.93. The highest BCUT2D eigenvalue weighted by atomic mass is 32.1. The van der Waals surface area contributed by atoms with Gasteiger partial charge in [-0.05, 0) is 43.7 Å². The number of nitrogens with one attached hydrogen (secondary N) is 1. The Kier molecular flexibility index (Phi) is 3.95. The molecule has 1 aromatic carbocycles. The fourth-order valence-corrected chi connectivity index (χ4v) is 2.50. The van der Waals surface area contributed by atoms with E-state index in [1.807, 2.05) is 13.8 Å². The van der Waals surface area contributed by atoms with Crippen LogP contribution in [0.25, 0.3) is 10.4 Å². The minimum Gasteiger partial charge on any atom is -0.349 e. The molecule has 0 aliphatic rings. The molecule has 2 aromatic rings. The van der Waals surface area contributed by atoms with Crippen LogP contribution in [0.15, 0.2) is 30.3 Å². The zero-order valence-corrected chi connectivity index (χ0v) is 11.4. The molecule has 0 bridgehead atoms. The molecule has 0 atom stereocenters. The third-order valence-corrected chi connectivity index (χ3v) is 3.59. The Morgan fingerprint density at radius 1 is 1.16 bits per heavy atom. The van der Waals surface area contributed by atoms with Crippen LogP contribution in [0.4, 0.5) is 8.78 Å². The lowest BCUT2D eigenvalue weighted by Crippen LogP contribution is -2.29. The molecule has 100 valence electrons. The van der Waals surface area contributed by atoms with Gasteiger partial charge in [-0.15, -0.1) is 11.3 Å². The molecule has 0 aliphatic carbocycles. The second-order valence-corrected chi connectivity index (χ2v) is 5.50. The summed E-state index contributed by atoms with van der Waals surface area (Å²) in [5.41, 5.74) is 0.562. The Hall–Kier alpha value is -1.75. The molecule has 2 nitrogen and oxygen atoms in total. The van der Waals surface area contributed by atoms with Gasteiger partial charge in [-0.2, -0.15) is 0 Å². The topological polar surface area (TPSA) is 29.1 Å². The molecule has 1 aromatic heterocycles. The second-order valence-electron chi connectivity index (χ2n) is 4.42. The number of rotatable bonds is 3. The molecule has 2 rings (SSSR count). The van der Waals surface area contributed by atoms with Crippen LogP contribution in [-0.2, 0) is 0 Å². The first-order valence-corrected chi connectivity index (χ1v) is 6.65. The van der Waals surface area contributed by atoms with Gasteiger partial charge in [-0.3, -0.25) is 4.79 Å². The summed E-state index contributed by atoms with van der Waals surface area (Å²) < 4.78 is 26.0. The van der Waals surface area contributed by atoms with Crippen molar-refractivity contribution < 1.29 is 13.6 Å². The Labute approximate surface area is 114 Å². The zero-order chi connectivity index (χ0) is 14.0. The van der Waals surface area contributed by atoms with Crippen molar-refractivity contribution in [3.8, 4) is 10.4 Å². The Morgan fingerprint density at radius 3 is 2.53 bits per heavy atom. The lowest BCUT2D eigenvalue weighted by molar-refractivity contribution is 0.0947. The van der Waals surface area contributed by atoms with Gasteiger partial charge in [-0.25, -0.2) is 8.78 Å². The average Bonchev–Trinajstić information content (AvgIpc) is 2.81. The van der Waals surface area contributed by atoms with E-state index >= 15 is 0 Å². The Balaban J connectivity index is 2.25. The molecular weight excluding hydrogens is 268 g/mol. The highest BCUT2D eigenvalue weighted by molar-refractivity contribution is 7.17. The van der Waals surface area contributed by atoms with Crippen molar-refractivity contribution in [3.05, 3.63) is 46.8 Å². The first-order valence-electron chi connectivity index (χ1n) is 5.83. The SMILES string of the molecule is CC(C)NC(=O)c1ccc(-c2ccc(F)c(F)c2)s1. The largest absolute Gasteiger partial charge is 0.349 e. The van der Waals surface area contributed by atoms with Gasteiger partial charge >= 0.3 is 0 Å². The maximum absolute atomic E-state index is 13.2. The minimum absolute atomic E-state index is 0.0568. The molecular formula is C14H13F2NOS. The first-order chi connectivity index (χ1) is 8.97. The highest BCUT2D eigenvalue weighted by Crippen LogP contribution is 2.29. The van der Waals surface area contributed by atoms with Gasteiger partial charge in [0.25, 0.3) is 5.91 Å². The van der Waals surface area contributed by atoms with Crippen molar-refractivity contribution in [2.45, 2.75) is 19.9 Å². The molecule has 0 saturated heterocycles. The van der Waals surface area contributed by atoms with Crippen LogP contribution in [0.1, 0.15) is 23.5 Å². The molecule has 0 fully saturated rings. The summed E-state index contributed by atoms with van der Waals surface area (Å²) in [4.78, 5) is 13.1. The number of benzene rings is 1. The van der Waals surface area contributed by atoms with E-state index < -0.39 is 11.6 Å². The lowest BCUT2D eigenvalue weighted by atomic mass is 10.2. The van der Waals surface area contributed by atoms with Crippen LogP contribution in [0.2, 0.25) is 0 Å². The third-order valence-electron chi connectivity index (χ3n) is 2.45. The Morgan fingerprint density at radius 2 is 1.89 bits per heavy atom. The molecule has 1 amide bonds. The predicted molar refractivity (Wildman–Crippen MR) is 72.3 cm³/mol. The van der Waals surface area contributed by atoms with Gasteiger partial charge in [0.05, 0.1) is 4.88 Å². The van der Waals surface area contributed by atoms with E-state index in [0.717, 1.165) is 17.0 Å². The van der Waals surface area contributed by atoms with Gasteiger partial charge in [0.1, 0.15) is 0 Å². The normalized spacial score (nSPS) is 10.8. The summed E-state index contributed by atoms with van der Waals surface area (Å²) in [6.45, 7) is 3.75. The van der Waals surface area contributed by atoms with E-state index in [-0.39, 0.29) is 11.9 Å². The average molecular weight is 281 g/mol. The molecule has 1 N–H and O–H groups in total. The van der Waals surface area contributed by atoms with Crippen LogP contribution >= 0.6 is 11.3 Å². The van der Waals surface area contributed by atoms with Crippen LogP contribution in [0.5, 0.6) is 0 Å². The third kappa shape index (κ3) is 3.17. The van der Waals surface area contributed by atoms with Gasteiger partial charge < -0.3 is 5.32 Å². The molecule has 0 spiro atoms. The van der Waals surface area contributed by atoms with Crippen LogP contribution in [-0.4, -0.2) is 11.9 Å². The zero-order valence-electron chi connectivity index (χ0n) is 10.5. The summed E-state index contributed by atoms with van der Waals surface area (Å²) in [5, 5.41) is 2.78. The maximum atomic E-state index is 13.2. The van der Waals surface area contributed by atoms with Gasteiger partial charge in [0.15, 0.2) is 11.6 Å². The van der Waals surface area contributed by atoms with E-state index in [2.05, 4.69) is 5.32 Å². The van der Waals surface area contributed by atoms with Gasteiger partial charge in [-0.1, -0.05) is 6.07 Å². The molecule has 1 heterocycles. The quantitative estimate of drug-likeness (QED) is 0.910. The number of amides is 1. The molecule has 0 radical (unpaired) electrons. The van der Waals surface area contributed by atoms with E-state index in [0.29, 0.717) is 10.4 Å². The van der Waals surface area contributed by atoms with E-state index in [4.69, 9.17) is 0 Å². The summed E-state index contributed by atoms with van der Waals surface area (Å²) in [7, 11) is 0. The van der Waals surface area contributed by atoms with Crippen molar-refractivity contribution in [3.63, 3.8) is 0 Å². The van der Waals surface area contributed by atoms with Crippen LogP contribution in [0.3, 0.4) is 0 Å². The van der Waals surface area contributed by atoms with Crippen molar-refractivity contribution in [1.82, 2.24) is 5.32 Å². The summed E-state index contributed by atoms with van der Waals surface area (Å²) in [6.07, 6.45) is 0. The monoisotopic (exact) mass is 281 g/mol. The minimum atomic E-state index is -0.890. The number of hydrogen-bond acceptors (Lipinski definition) is 2. The van der Waals surface area contributed by atoms with E-state index in [1.54, 1.807) is 12.1 Å². The first kappa shape index (κ1) is 13.7. The number of carbonyl (C=O) groups excluding carboxylic acids is 1. The second kappa shape index (κ2) is 5.48. The van der Waals surface area contributed by atoms with Crippen molar-refractivity contribution >= 4 is 17.2 Å². The number of hydrogen-bond donors (Lipinski definition) is 1. The molecule has 5 heteroatoms. The maximum Gasteiger partial charge on any atom is 0.261 e. The predicted octanol–water partition coefficient (Wildman–Crippen LogP) is 3.83. The number of halogens is 2. The summed E-state index contributed by atoms with van der Waals surface area (Å²) >= 11 is 1.25. The van der Waals surface area contributed by atoms with E-state index in [1.165, 1.54) is 17.4 Å². The van der Waals surface area contributed by atoms with E-state index in [9.17, 15) is 13.6 Å². The van der Waals surface area contributed by atoms with Gasteiger partial charge in [0.2, 0.25) is 0 Å².